The lowest BCUT2D eigenvalue weighted by molar-refractivity contribution is -0.145. The van der Waals surface area contributed by atoms with Crippen LogP contribution in [0.15, 0.2) is 0 Å². The van der Waals surface area contributed by atoms with E-state index in [0.717, 1.165) is 12.3 Å². The predicted octanol–water partition coefficient (Wildman–Crippen LogP) is 7.30. The fourth-order valence-electron chi connectivity index (χ4n) is 3.21. The molecule has 0 N–H and O–H groups in total. The maximum absolute atomic E-state index is 11.9. The molecule has 0 aromatic carbocycles. The molecule has 0 heterocycles. The molecule has 0 aromatic rings. The summed E-state index contributed by atoms with van der Waals surface area (Å²) in [7, 11) is 0. The number of hydrogen-bond donors (Lipinski definition) is 0. The lowest BCUT2D eigenvalue weighted by Crippen LogP contribution is -2.14. The SMILES string of the molecule is CCCCCC(CCC)COC(=O)CCCCCCCCC(C)C. The van der Waals surface area contributed by atoms with Crippen molar-refractivity contribution in [3.63, 3.8) is 0 Å². The third kappa shape index (κ3) is 16.3. The quantitative estimate of drug-likeness (QED) is 0.205. The first kappa shape index (κ1) is 23.5. The van der Waals surface area contributed by atoms with Crippen molar-refractivity contribution < 1.29 is 9.53 Å². The van der Waals surface area contributed by atoms with Crippen LogP contribution in [-0.4, -0.2) is 12.6 Å². The van der Waals surface area contributed by atoms with Gasteiger partial charge in [0.2, 0.25) is 0 Å². The summed E-state index contributed by atoms with van der Waals surface area (Å²) in [6.45, 7) is 9.68. The number of ether oxygens (including phenoxy) is 1. The molecule has 0 spiro atoms. The van der Waals surface area contributed by atoms with E-state index in [1.807, 2.05) is 0 Å². The highest BCUT2D eigenvalue weighted by Crippen LogP contribution is 2.17. The minimum absolute atomic E-state index is 0.0198. The second kappa shape index (κ2) is 17.3. The van der Waals surface area contributed by atoms with E-state index in [-0.39, 0.29) is 5.97 Å². The summed E-state index contributed by atoms with van der Waals surface area (Å²) in [5.74, 6) is 1.43. The summed E-state index contributed by atoms with van der Waals surface area (Å²) in [6, 6.07) is 0. The van der Waals surface area contributed by atoms with Crippen LogP contribution < -0.4 is 0 Å². The first-order chi connectivity index (χ1) is 11.6. The molecule has 0 aliphatic heterocycles. The lowest BCUT2D eigenvalue weighted by atomic mass is 9.97. The molecular weight excluding hydrogens is 296 g/mol. The molecule has 1 atom stereocenters. The van der Waals surface area contributed by atoms with E-state index in [4.69, 9.17) is 4.74 Å². The molecule has 0 aliphatic carbocycles. The Bertz CT molecular complexity index is 273. The molecule has 0 rings (SSSR count). The highest BCUT2D eigenvalue weighted by atomic mass is 16.5. The Morgan fingerprint density at radius 1 is 0.750 bits per heavy atom. The van der Waals surface area contributed by atoms with E-state index in [1.165, 1.54) is 77.0 Å². The van der Waals surface area contributed by atoms with Gasteiger partial charge in [-0.15, -0.1) is 0 Å². The highest BCUT2D eigenvalue weighted by Gasteiger charge is 2.11. The van der Waals surface area contributed by atoms with Gasteiger partial charge in [-0.25, -0.2) is 0 Å². The van der Waals surface area contributed by atoms with Crippen LogP contribution in [0.25, 0.3) is 0 Å². The van der Waals surface area contributed by atoms with Gasteiger partial charge in [0.15, 0.2) is 0 Å². The van der Waals surface area contributed by atoms with Gasteiger partial charge < -0.3 is 4.74 Å². The summed E-state index contributed by atoms with van der Waals surface area (Å²) in [4.78, 5) is 11.9. The third-order valence-electron chi connectivity index (χ3n) is 4.81. The van der Waals surface area contributed by atoms with Gasteiger partial charge in [-0.1, -0.05) is 91.9 Å². The number of hydrogen-bond acceptors (Lipinski definition) is 2. The number of esters is 1. The van der Waals surface area contributed by atoms with Crippen LogP contribution in [0.1, 0.15) is 118 Å². The van der Waals surface area contributed by atoms with Crippen LogP contribution >= 0.6 is 0 Å². The summed E-state index contributed by atoms with van der Waals surface area (Å²) in [6.07, 6.45) is 16.8. The molecule has 0 radical (unpaired) electrons. The second-order valence-electron chi connectivity index (χ2n) is 7.89. The maximum Gasteiger partial charge on any atom is 0.305 e. The molecule has 0 aromatic heterocycles. The zero-order valence-electron chi connectivity index (χ0n) is 17.1. The summed E-state index contributed by atoms with van der Waals surface area (Å²) in [5, 5.41) is 0. The van der Waals surface area contributed by atoms with Gasteiger partial charge in [0, 0.05) is 6.42 Å². The molecule has 2 nitrogen and oxygen atoms in total. The molecular formula is C22H44O2. The van der Waals surface area contributed by atoms with Crippen molar-refractivity contribution in [3.8, 4) is 0 Å². The van der Waals surface area contributed by atoms with Gasteiger partial charge in [-0.05, 0) is 31.1 Å². The second-order valence-corrected chi connectivity index (χ2v) is 7.89. The Balaban J connectivity index is 3.55. The Hall–Kier alpha value is -0.530. The van der Waals surface area contributed by atoms with Gasteiger partial charge >= 0.3 is 5.97 Å². The van der Waals surface area contributed by atoms with Crippen LogP contribution in [0, 0.1) is 11.8 Å². The first-order valence-corrected chi connectivity index (χ1v) is 10.8. The Morgan fingerprint density at radius 3 is 2.00 bits per heavy atom. The van der Waals surface area contributed by atoms with Crippen LogP contribution in [-0.2, 0) is 9.53 Å². The van der Waals surface area contributed by atoms with Gasteiger partial charge in [-0.2, -0.15) is 0 Å². The molecule has 2 heteroatoms. The largest absolute Gasteiger partial charge is 0.465 e. The van der Waals surface area contributed by atoms with Crippen molar-refractivity contribution in [1.29, 1.82) is 0 Å². The smallest absolute Gasteiger partial charge is 0.305 e. The molecule has 0 bridgehead atoms. The Labute approximate surface area is 152 Å². The third-order valence-corrected chi connectivity index (χ3v) is 4.81. The van der Waals surface area contributed by atoms with E-state index in [1.54, 1.807) is 0 Å². The zero-order valence-corrected chi connectivity index (χ0v) is 17.1. The molecule has 0 amide bonds. The number of unbranched alkanes of at least 4 members (excludes halogenated alkanes) is 7. The molecule has 0 saturated carbocycles. The zero-order chi connectivity index (χ0) is 18.0. The van der Waals surface area contributed by atoms with E-state index in [9.17, 15) is 4.79 Å². The van der Waals surface area contributed by atoms with Crippen molar-refractivity contribution in [2.24, 2.45) is 11.8 Å². The van der Waals surface area contributed by atoms with E-state index >= 15 is 0 Å². The Kier molecular flexibility index (Phi) is 16.9. The lowest BCUT2D eigenvalue weighted by Gasteiger charge is -2.16. The minimum Gasteiger partial charge on any atom is -0.465 e. The molecule has 144 valence electrons. The Morgan fingerprint density at radius 2 is 1.38 bits per heavy atom. The molecule has 0 aliphatic rings. The highest BCUT2D eigenvalue weighted by molar-refractivity contribution is 5.69. The average Bonchev–Trinajstić information content (AvgIpc) is 2.55. The van der Waals surface area contributed by atoms with Crippen LogP contribution in [0.3, 0.4) is 0 Å². The molecule has 1 unspecified atom stereocenters. The van der Waals surface area contributed by atoms with Crippen LogP contribution in [0.2, 0.25) is 0 Å². The fraction of sp³-hybridized carbons (Fsp3) is 0.955. The number of rotatable bonds is 17. The average molecular weight is 341 g/mol. The first-order valence-electron chi connectivity index (χ1n) is 10.8. The minimum atomic E-state index is 0.0198. The normalized spacial score (nSPS) is 12.5. The van der Waals surface area contributed by atoms with Crippen molar-refractivity contribution >= 4 is 5.97 Å². The van der Waals surface area contributed by atoms with Crippen molar-refractivity contribution in [2.75, 3.05) is 6.61 Å². The van der Waals surface area contributed by atoms with E-state index in [2.05, 4.69) is 27.7 Å². The van der Waals surface area contributed by atoms with Crippen LogP contribution in [0.5, 0.6) is 0 Å². The maximum atomic E-state index is 11.9. The summed E-state index contributed by atoms with van der Waals surface area (Å²) >= 11 is 0. The molecule has 0 fully saturated rings. The van der Waals surface area contributed by atoms with Crippen LogP contribution in [0.4, 0.5) is 0 Å². The van der Waals surface area contributed by atoms with Crippen molar-refractivity contribution in [2.45, 2.75) is 118 Å². The fourth-order valence-corrected chi connectivity index (χ4v) is 3.21. The van der Waals surface area contributed by atoms with E-state index in [0.29, 0.717) is 18.9 Å². The van der Waals surface area contributed by atoms with Crippen molar-refractivity contribution in [3.05, 3.63) is 0 Å². The standard InChI is InChI=1S/C22H44O2/c1-5-7-12-17-21(15-6-2)19-24-22(23)18-14-11-9-8-10-13-16-20(3)4/h20-21H,5-19H2,1-4H3. The number of carbonyl (C=O) groups is 1. The summed E-state index contributed by atoms with van der Waals surface area (Å²) < 4.78 is 5.52. The van der Waals surface area contributed by atoms with Gasteiger partial charge in [-0.3, -0.25) is 4.79 Å². The molecule has 24 heavy (non-hydrogen) atoms. The number of carbonyl (C=O) groups excluding carboxylic acids is 1. The predicted molar refractivity (Wildman–Crippen MR) is 105 cm³/mol. The van der Waals surface area contributed by atoms with E-state index < -0.39 is 0 Å². The summed E-state index contributed by atoms with van der Waals surface area (Å²) in [5.41, 5.74) is 0. The monoisotopic (exact) mass is 340 g/mol. The molecule has 0 saturated heterocycles. The van der Waals surface area contributed by atoms with Gasteiger partial charge in [0.05, 0.1) is 6.61 Å². The topological polar surface area (TPSA) is 26.3 Å². The van der Waals surface area contributed by atoms with Crippen molar-refractivity contribution in [1.82, 2.24) is 0 Å². The van der Waals surface area contributed by atoms with Gasteiger partial charge in [0.1, 0.15) is 0 Å². The van der Waals surface area contributed by atoms with Gasteiger partial charge in [0.25, 0.3) is 0 Å².